The fraction of sp³-hybridized carbons (Fsp3) is 0.154. The monoisotopic (exact) mass is 298 g/mol. The Hall–Kier alpha value is -0.740. The minimum Gasteiger partial charge on any atom is -0.329 e. The Labute approximate surface area is 121 Å². The zero-order valence-electron chi connectivity index (χ0n) is 9.51. The van der Waals surface area contributed by atoms with Crippen LogP contribution in [0.2, 0.25) is 10.0 Å². The molecule has 1 aromatic heterocycles. The maximum atomic E-state index is 5.87. The van der Waals surface area contributed by atoms with Crippen LogP contribution in [0.15, 0.2) is 47.6 Å². The Morgan fingerprint density at radius 3 is 2.28 bits per heavy atom. The molecule has 1 heterocycles. The van der Waals surface area contributed by atoms with Gasteiger partial charge in [-0.05, 0) is 29.8 Å². The maximum Gasteiger partial charge on any atom is 0.0967 e. The van der Waals surface area contributed by atoms with Crippen molar-refractivity contribution >= 4 is 35.0 Å². The number of hydrogen-bond donors (Lipinski definition) is 1. The molecule has 0 amide bonds. The summed E-state index contributed by atoms with van der Waals surface area (Å²) in [6.45, 7) is 0.538. The number of rotatable bonds is 4. The van der Waals surface area contributed by atoms with E-state index < -0.39 is 0 Å². The smallest absolute Gasteiger partial charge is 0.0967 e. The lowest BCUT2D eigenvalue weighted by Gasteiger charge is -2.14. The molecule has 0 aliphatic carbocycles. The first-order valence-electron chi connectivity index (χ1n) is 5.43. The fourth-order valence-corrected chi connectivity index (χ4v) is 2.69. The summed E-state index contributed by atoms with van der Waals surface area (Å²) in [5, 5.41) is 2.43. The number of pyridine rings is 1. The molecule has 0 spiro atoms. The first kappa shape index (κ1) is 13.7. The zero-order chi connectivity index (χ0) is 13.0. The van der Waals surface area contributed by atoms with Crippen LogP contribution in [0, 0.1) is 0 Å². The van der Waals surface area contributed by atoms with Crippen molar-refractivity contribution in [2.45, 2.75) is 10.3 Å². The molecule has 0 saturated heterocycles. The highest BCUT2D eigenvalue weighted by Crippen LogP contribution is 2.33. The Kier molecular flexibility index (Phi) is 4.89. The standard InChI is InChI=1S/C13H12Cl2N2S/c14-10-3-1-9(2-4-10)12(7-16)18-13-6-5-11(15)8-17-13/h1-6,8,12H,7,16H2. The number of thioether (sulfide) groups is 1. The van der Waals surface area contributed by atoms with Crippen LogP contribution in [0.4, 0.5) is 0 Å². The van der Waals surface area contributed by atoms with Gasteiger partial charge in [0.1, 0.15) is 0 Å². The van der Waals surface area contributed by atoms with E-state index in [1.54, 1.807) is 18.0 Å². The normalized spacial score (nSPS) is 12.4. The van der Waals surface area contributed by atoms with Gasteiger partial charge in [0.2, 0.25) is 0 Å². The van der Waals surface area contributed by atoms with Crippen LogP contribution >= 0.6 is 35.0 Å². The lowest BCUT2D eigenvalue weighted by molar-refractivity contribution is 0.935. The van der Waals surface area contributed by atoms with Crippen LogP contribution in [0.1, 0.15) is 10.8 Å². The first-order valence-corrected chi connectivity index (χ1v) is 7.06. The molecular weight excluding hydrogens is 287 g/mol. The molecule has 2 N–H and O–H groups in total. The molecule has 1 unspecified atom stereocenters. The molecule has 2 aromatic rings. The SMILES string of the molecule is NCC(Sc1ccc(Cl)cn1)c1ccc(Cl)cc1. The van der Waals surface area contributed by atoms with Crippen LogP contribution in [-0.2, 0) is 0 Å². The zero-order valence-corrected chi connectivity index (χ0v) is 11.8. The number of nitrogens with two attached hydrogens (primary N) is 1. The quantitative estimate of drug-likeness (QED) is 0.861. The number of halogens is 2. The van der Waals surface area contributed by atoms with Gasteiger partial charge in [0.05, 0.1) is 10.0 Å². The number of aromatic nitrogens is 1. The molecule has 2 nitrogen and oxygen atoms in total. The van der Waals surface area contributed by atoms with Crippen molar-refractivity contribution in [3.8, 4) is 0 Å². The molecule has 0 radical (unpaired) electrons. The van der Waals surface area contributed by atoms with Gasteiger partial charge < -0.3 is 5.73 Å². The van der Waals surface area contributed by atoms with Gasteiger partial charge in [-0.25, -0.2) is 4.98 Å². The van der Waals surface area contributed by atoms with E-state index in [1.807, 2.05) is 36.4 Å². The molecule has 1 aromatic carbocycles. The van der Waals surface area contributed by atoms with Crippen molar-refractivity contribution in [3.63, 3.8) is 0 Å². The summed E-state index contributed by atoms with van der Waals surface area (Å²) in [4.78, 5) is 4.26. The van der Waals surface area contributed by atoms with Gasteiger partial charge >= 0.3 is 0 Å². The molecule has 1 atom stereocenters. The van der Waals surface area contributed by atoms with Gasteiger partial charge in [-0.15, -0.1) is 0 Å². The third-order valence-electron chi connectivity index (χ3n) is 2.42. The summed E-state index contributed by atoms with van der Waals surface area (Å²) in [6.07, 6.45) is 1.64. The van der Waals surface area contributed by atoms with E-state index in [9.17, 15) is 0 Å². The van der Waals surface area contributed by atoms with Crippen LogP contribution in [0.25, 0.3) is 0 Å². The van der Waals surface area contributed by atoms with Gasteiger partial charge in [-0.3, -0.25) is 0 Å². The highest BCUT2D eigenvalue weighted by Gasteiger charge is 2.12. The Balaban J connectivity index is 2.14. The Bertz CT molecular complexity index is 499. The van der Waals surface area contributed by atoms with Gasteiger partial charge in [-0.1, -0.05) is 47.1 Å². The summed E-state index contributed by atoms with van der Waals surface area (Å²) >= 11 is 13.3. The highest BCUT2D eigenvalue weighted by molar-refractivity contribution is 7.99. The van der Waals surface area contributed by atoms with E-state index in [4.69, 9.17) is 28.9 Å². The maximum absolute atomic E-state index is 5.87. The van der Waals surface area contributed by atoms with E-state index in [-0.39, 0.29) is 5.25 Å². The van der Waals surface area contributed by atoms with Crippen molar-refractivity contribution in [2.75, 3.05) is 6.54 Å². The van der Waals surface area contributed by atoms with Gasteiger partial charge in [0.15, 0.2) is 0 Å². The summed E-state index contributed by atoms with van der Waals surface area (Å²) in [5.74, 6) is 0. The molecule has 0 aliphatic rings. The van der Waals surface area contributed by atoms with Crippen LogP contribution in [-0.4, -0.2) is 11.5 Å². The molecule has 18 heavy (non-hydrogen) atoms. The molecule has 94 valence electrons. The van der Waals surface area contributed by atoms with Crippen molar-refractivity contribution in [2.24, 2.45) is 5.73 Å². The number of hydrogen-bond acceptors (Lipinski definition) is 3. The fourth-order valence-electron chi connectivity index (χ4n) is 1.51. The second-order valence-corrected chi connectivity index (χ2v) is 5.80. The van der Waals surface area contributed by atoms with Crippen LogP contribution in [0.3, 0.4) is 0 Å². The van der Waals surface area contributed by atoms with Gasteiger partial charge in [0.25, 0.3) is 0 Å². The van der Waals surface area contributed by atoms with E-state index in [0.29, 0.717) is 11.6 Å². The predicted molar refractivity (Wildman–Crippen MR) is 78.4 cm³/mol. The summed E-state index contributed by atoms with van der Waals surface area (Å²) in [7, 11) is 0. The summed E-state index contributed by atoms with van der Waals surface area (Å²) in [6, 6.07) is 11.4. The minimum atomic E-state index is 0.163. The minimum absolute atomic E-state index is 0.163. The number of nitrogens with zero attached hydrogens (tertiary/aromatic N) is 1. The molecular formula is C13H12Cl2N2S. The van der Waals surface area contributed by atoms with Gasteiger partial charge in [-0.2, -0.15) is 0 Å². The van der Waals surface area contributed by atoms with Crippen molar-refractivity contribution in [1.29, 1.82) is 0 Å². The van der Waals surface area contributed by atoms with Crippen molar-refractivity contribution in [3.05, 3.63) is 58.2 Å². The van der Waals surface area contributed by atoms with Crippen molar-refractivity contribution in [1.82, 2.24) is 4.98 Å². The average Bonchev–Trinajstić information content (AvgIpc) is 2.39. The topological polar surface area (TPSA) is 38.9 Å². The van der Waals surface area contributed by atoms with E-state index in [1.165, 1.54) is 0 Å². The van der Waals surface area contributed by atoms with Crippen LogP contribution in [0.5, 0.6) is 0 Å². The molecule has 0 fully saturated rings. The predicted octanol–water partition coefficient (Wildman–Crippen LogP) is 4.18. The molecule has 0 bridgehead atoms. The first-order chi connectivity index (χ1) is 8.69. The lowest BCUT2D eigenvalue weighted by Crippen LogP contribution is -2.09. The summed E-state index contributed by atoms with van der Waals surface area (Å²) < 4.78 is 0. The second kappa shape index (κ2) is 6.43. The molecule has 0 saturated carbocycles. The van der Waals surface area contributed by atoms with E-state index in [0.717, 1.165) is 15.6 Å². The number of benzene rings is 1. The third kappa shape index (κ3) is 3.62. The van der Waals surface area contributed by atoms with Crippen LogP contribution < -0.4 is 5.73 Å². The van der Waals surface area contributed by atoms with Gasteiger partial charge in [0, 0.05) is 23.0 Å². The van der Waals surface area contributed by atoms with E-state index >= 15 is 0 Å². The lowest BCUT2D eigenvalue weighted by atomic mass is 10.1. The second-order valence-electron chi connectivity index (χ2n) is 3.71. The third-order valence-corrected chi connectivity index (χ3v) is 4.13. The molecule has 5 heteroatoms. The largest absolute Gasteiger partial charge is 0.329 e. The van der Waals surface area contributed by atoms with E-state index in [2.05, 4.69) is 4.98 Å². The molecule has 0 aliphatic heterocycles. The Morgan fingerprint density at radius 2 is 1.72 bits per heavy atom. The van der Waals surface area contributed by atoms with Crippen molar-refractivity contribution < 1.29 is 0 Å². The average molecular weight is 299 g/mol. The Morgan fingerprint density at radius 1 is 1.06 bits per heavy atom. The highest BCUT2D eigenvalue weighted by atomic mass is 35.5. The molecule has 2 rings (SSSR count). The summed E-state index contributed by atoms with van der Waals surface area (Å²) in [5.41, 5.74) is 6.96.